The van der Waals surface area contributed by atoms with Crippen LogP contribution in [0.1, 0.15) is 11.4 Å². The molecule has 0 saturated heterocycles. The van der Waals surface area contributed by atoms with Crippen LogP contribution >= 0.6 is 11.8 Å². The minimum absolute atomic E-state index is 0.111. The van der Waals surface area contributed by atoms with Crippen LogP contribution in [0.4, 0.5) is 0 Å². The maximum Gasteiger partial charge on any atom is 0.253 e. The molecule has 0 saturated carbocycles. The smallest absolute Gasteiger partial charge is 0.253 e. The molecular weight excluding hydrogens is 302 g/mol. The van der Waals surface area contributed by atoms with Crippen LogP contribution in [0, 0.1) is 13.8 Å². The summed E-state index contributed by atoms with van der Waals surface area (Å²) in [5, 5.41) is 11.4. The van der Waals surface area contributed by atoms with E-state index < -0.39 is 0 Å². The van der Waals surface area contributed by atoms with E-state index in [9.17, 15) is 9.59 Å². The van der Waals surface area contributed by atoms with Crippen molar-refractivity contribution in [3.05, 3.63) is 46.3 Å². The molecule has 2 aromatic heterocycles. The first-order chi connectivity index (χ1) is 10.5. The monoisotopic (exact) mass is 319 g/mol. The van der Waals surface area contributed by atoms with Crippen LogP contribution in [0.5, 0.6) is 0 Å². The Morgan fingerprint density at radius 3 is 2.77 bits per heavy atom. The number of carbonyl (C=O) groups excluding carboxylic acids is 1. The number of amides is 1. The highest BCUT2D eigenvalue weighted by molar-refractivity contribution is 7.99. The number of rotatable bonds is 6. The molecule has 0 radical (unpaired) electrons. The first kappa shape index (κ1) is 16.2. The van der Waals surface area contributed by atoms with Crippen LogP contribution in [0.15, 0.2) is 34.3 Å². The third-order valence-electron chi connectivity index (χ3n) is 2.82. The molecule has 2 rings (SSSR count). The van der Waals surface area contributed by atoms with E-state index in [4.69, 9.17) is 0 Å². The molecule has 0 aliphatic heterocycles. The van der Waals surface area contributed by atoms with E-state index in [1.807, 2.05) is 19.1 Å². The van der Waals surface area contributed by atoms with Crippen molar-refractivity contribution in [1.82, 2.24) is 25.1 Å². The molecule has 0 atom stereocenters. The van der Waals surface area contributed by atoms with E-state index in [2.05, 4.69) is 20.5 Å². The SMILES string of the molecule is Cc1cc(=O)n(CCNC(=O)CSc2ccc(C)nn2)cn1. The van der Waals surface area contributed by atoms with Gasteiger partial charge in [-0.25, -0.2) is 4.98 Å². The maximum absolute atomic E-state index is 11.7. The van der Waals surface area contributed by atoms with Crippen molar-refractivity contribution in [2.75, 3.05) is 12.3 Å². The van der Waals surface area contributed by atoms with E-state index in [0.717, 1.165) is 5.69 Å². The average Bonchev–Trinajstić information content (AvgIpc) is 2.49. The topological polar surface area (TPSA) is 89.8 Å². The summed E-state index contributed by atoms with van der Waals surface area (Å²) in [6.07, 6.45) is 1.49. The van der Waals surface area contributed by atoms with Crippen LogP contribution in [0.3, 0.4) is 0 Å². The first-order valence-electron chi connectivity index (χ1n) is 6.77. The van der Waals surface area contributed by atoms with Gasteiger partial charge in [-0.1, -0.05) is 11.8 Å². The summed E-state index contributed by atoms with van der Waals surface area (Å²) in [7, 11) is 0. The van der Waals surface area contributed by atoms with Gasteiger partial charge in [0.2, 0.25) is 5.91 Å². The van der Waals surface area contributed by atoms with Gasteiger partial charge in [-0.15, -0.1) is 5.10 Å². The molecule has 1 amide bonds. The van der Waals surface area contributed by atoms with Gasteiger partial charge in [0.25, 0.3) is 5.56 Å². The summed E-state index contributed by atoms with van der Waals surface area (Å²) in [5.41, 5.74) is 1.40. The normalized spacial score (nSPS) is 10.5. The lowest BCUT2D eigenvalue weighted by atomic mass is 10.4. The number of hydrogen-bond donors (Lipinski definition) is 1. The Labute approximate surface area is 132 Å². The second kappa shape index (κ2) is 7.69. The van der Waals surface area contributed by atoms with Gasteiger partial charge < -0.3 is 5.32 Å². The summed E-state index contributed by atoms with van der Waals surface area (Å²) >= 11 is 1.32. The molecule has 0 spiro atoms. The zero-order chi connectivity index (χ0) is 15.9. The van der Waals surface area contributed by atoms with Crippen LogP contribution in [0.2, 0.25) is 0 Å². The zero-order valence-electron chi connectivity index (χ0n) is 12.4. The Kier molecular flexibility index (Phi) is 5.65. The van der Waals surface area contributed by atoms with E-state index in [1.54, 1.807) is 6.92 Å². The molecule has 1 N–H and O–H groups in total. The van der Waals surface area contributed by atoms with Gasteiger partial charge in [0.1, 0.15) is 5.03 Å². The summed E-state index contributed by atoms with van der Waals surface area (Å²) in [4.78, 5) is 27.4. The number of nitrogens with one attached hydrogen (secondary N) is 1. The van der Waals surface area contributed by atoms with Crippen molar-refractivity contribution >= 4 is 17.7 Å². The number of carbonyl (C=O) groups is 1. The lowest BCUT2D eigenvalue weighted by molar-refractivity contribution is -0.118. The number of nitrogens with zero attached hydrogens (tertiary/aromatic N) is 4. The second-order valence-electron chi connectivity index (χ2n) is 4.71. The van der Waals surface area contributed by atoms with Crippen LogP contribution < -0.4 is 10.9 Å². The van der Waals surface area contributed by atoms with E-state index in [0.29, 0.717) is 23.8 Å². The molecular formula is C14H17N5O2S. The summed E-state index contributed by atoms with van der Waals surface area (Å²) in [5.74, 6) is 0.152. The van der Waals surface area contributed by atoms with Gasteiger partial charge in [-0.05, 0) is 26.0 Å². The number of hydrogen-bond acceptors (Lipinski definition) is 6. The van der Waals surface area contributed by atoms with Crippen molar-refractivity contribution in [3.63, 3.8) is 0 Å². The standard InChI is InChI=1S/C14H17N5O2S/c1-10-3-4-13(18-17-10)22-8-12(20)15-5-6-19-9-16-11(2)7-14(19)21/h3-4,7,9H,5-6,8H2,1-2H3,(H,15,20). The number of thioether (sulfide) groups is 1. The molecule has 8 heteroatoms. The molecule has 0 fully saturated rings. The molecule has 0 aliphatic rings. The largest absolute Gasteiger partial charge is 0.354 e. The average molecular weight is 319 g/mol. The van der Waals surface area contributed by atoms with Crippen LogP contribution in [-0.2, 0) is 11.3 Å². The van der Waals surface area contributed by atoms with E-state index in [-0.39, 0.29) is 17.2 Å². The Balaban J connectivity index is 1.73. The van der Waals surface area contributed by atoms with Crippen molar-refractivity contribution < 1.29 is 4.79 Å². The number of aromatic nitrogens is 4. The lowest BCUT2D eigenvalue weighted by Crippen LogP contribution is -2.31. The summed E-state index contributed by atoms with van der Waals surface area (Å²) < 4.78 is 1.46. The van der Waals surface area contributed by atoms with Gasteiger partial charge >= 0.3 is 0 Å². The third-order valence-corrected chi connectivity index (χ3v) is 3.74. The van der Waals surface area contributed by atoms with Crippen LogP contribution in [0.25, 0.3) is 0 Å². The van der Waals surface area contributed by atoms with Gasteiger partial charge in [0.15, 0.2) is 0 Å². The molecule has 7 nitrogen and oxygen atoms in total. The summed E-state index contributed by atoms with van der Waals surface area (Å²) in [6, 6.07) is 5.15. The van der Waals surface area contributed by atoms with E-state index in [1.165, 1.54) is 28.7 Å². The van der Waals surface area contributed by atoms with Gasteiger partial charge in [-0.3, -0.25) is 14.2 Å². The second-order valence-corrected chi connectivity index (χ2v) is 5.71. The quantitative estimate of drug-likeness (QED) is 0.783. The minimum atomic E-state index is -0.119. The molecule has 0 aromatic carbocycles. The molecule has 2 heterocycles. The lowest BCUT2D eigenvalue weighted by Gasteiger charge is -2.07. The fraction of sp³-hybridized carbons (Fsp3) is 0.357. The van der Waals surface area contributed by atoms with Gasteiger partial charge in [0.05, 0.1) is 17.8 Å². The highest BCUT2D eigenvalue weighted by Crippen LogP contribution is 2.13. The van der Waals surface area contributed by atoms with E-state index >= 15 is 0 Å². The molecule has 0 aliphatic carbocycles. The zero-order valence-corrected chi connectivity index (χ0v) is 13.3. The Hall–Kier alpha value is -2.22. The molecule has 116 valence electrons. The fourth-order valence-corrected chi connectivity index (χ4v) is 2.30. The fourth-order valence-electron chi connectivity index (χ4n) is 1.65. The van der Waals surface area contributed by atoms with Gasteiger partial charge in [0, 0.05) is 24.8 Å². The predicted octanol–water partition coefficient (Wildman–Crippen LogP) is 0.559. The Bertz CT molecular complexity index is 699. The highest BCUT2D eigenvalue weighted by Gasteiger charge is 2.04. The first-order valence-corrected chi connectivity index (χ1v) is 7.76. The predicted molar refractivity (Wildman–Crippen MR) is 83.7 cm³/mol. The summed E-state index contributed by atoms with van der Waals surface area (Å²) in [6.45, 7) is 4.39. The minimum Gasteiger partial charge on any atom is -0.354 e. The van der Waals surface area contributed by atoms with Crippen molar-refractivity contribution in [2.24, 2.45) is 0 Å². The Morgan fingerprint density at radius 1 is 1.27 bits per heavy atom. The van der Waals surface area contributed by atoms with Gasteiger partial charge in [-0.2, -0.15) is 5.10 Å². The third kappa shape index (κ3) is 4.96. The molecule has 2 aromatic rings. The van der Waals surface area contributed by atoms with Crippen molar-refractivity contribution in [1.29, 1.82) is 0 Å². The molecule has 0 unspecified atom stereocenters. The highest BCUT2D eigenvalue weighted by atomic mass is 32.2. The Morgan fingerprint density at radius 2 is 2.09 bits per heavy atom. The maximum atomic E-state index is 11.7. The molecule has 0 bridgehead atoms. The van der Waals surface area contributed by atoms with Crippen molar-refractivity contribution in [2.45, 2.75) is 25.4 Å². The molecule has 22 heavy (non-hydrogen) atoms. The van der Waals surface area contributed by atoms with Crippen molar-refractivity contribution in [3.8, 4) is 0 Å². The van der Waals surface area contributed by atoms with Crippen LogP contribution in [-0.4, -0.2) is 38.0 Å². The number of aryl methyl sites for hydroxylation is 2.